The van der Waals surface area contributed by atoms with Gasteiger partial charge in [-0.2, -0.15) is 36.3 Å². The van der Waals surface area contributed by atoms with Crippen molar-refractivity contribution >= 4 is 49.3 Å². The van der Waals surface area contributed by atoms with Crippen LogP contribution >= 0.6 is 0 Å². The van der Waals surface area contributed by atoms with Gasteiger partial charge >= 0.3 is 12.4 Å². The topological polar surface area (TPSA) is 52.9 Å². The maximum absolute atomic E-state index is 14.1. The standard InChI is InChI=1S/C50H38F6N6/c1-47(2,3)29-13-18-41-34(23-29)35-24-30(48(4,5)6)14-19-42(35)62(41)46-59-44(28-11-9-8-10-12-28)58-45(60-46)38-27-33(57-7)17-22-43(38)61-39-20-15-31(49(51,52)53)25-36(39)37-26-32(50(54,55)56)16-21-40(37)61/h8-27H,1-6H3. The van der Waals surface area contributed by atoms with Crippen LogP contribution in [0.15, 0.2) is 121 Å². The van der Waals surface area contributed by atoms with Crippen molar-refractivity contribution in [3.8, 4) is 34.4 Å². The van der Waals surface area contributed by atoms with Crippen molar-refractivity contribution in [2.24, 2.45) is 0 Å². The van der Waals surface area contributed by atoms with E-state index in [1.165, 1.54) is 12.1 Å². The second-order valence-electron chi connectivity index (χ2n) is 17.6. The molecule has 0 fully saturated rings. The van der Waals surface area contributed by atoms with Crippen LogP contribution in [0.5, 0.6) is 0 Å². The Kier molecular flexibility index (Phi) is 9.14. The second kappa shape index (κ2) is 14.0. The van der Waals surface area contributed by atoms with Crippen LogP contribution in [0.1, 0.15) is 63.8 Å². The predicted molar refractivity (Wildman–Crippen MR) is 233 cm³/mol. The van der Waals surface area contributed by atoms with Crippen molar-refractivity contribution in [2.45, 2.75) is 64.7 Å². The van der Waals surface area contributed by atoms with Crippen LogP contribution in [-0.4, -0.2) is 24.1 Å². The van der Waals surface area contributed by atoms with Gasteiger partial charge in [-0.25, -0.2) is 9.83 Å². The fraction of sp³-hybridized carbons (Fsp3) is 0.200. The molecule has 6 aromatic carbocycles. The Labute approximate surface area is 352 Å². The van der Waals surface area contributed by atoms with Crippen LogP contribution in [-0.2, 0) is 23.2 Å². The van der Waals surface area contributed by atoms with Crippen molar-refractivity contribution in [3.63, 3.8) is 0 Å². The molecular formula is C50H38F6N6. The van der Waals surface area contributed by atoms with Crippen molar-refractivity contribution in [1.82, 2.24) is 24.1 Å². The number of fused-ring (bicyclic) bond motifs is 6. The number of rotatable bonds is 4. The minimum Gasteiger partial charge on any atom is -0.309 e. The van der Waals surface area contributed by atoms with Gasteiger partial charge in [-0.3, -0.25) is 4.57 Å². The minimum absolute atomic E-state index is 0.0306. The highest BCUT2D eigenvalue weighted by Gasteiger charge is 2.34. The van der Waals surface area contributed by atoms with Crippen molar-refractivity contribution < 1.29 is 26.3 Å². The minimum atomic E-state index is -4.75. The van der Waals surface area contributed by atoms with Gasteiger partial charge in [0.2, 0.25) is 5.95 Å². The highest BCUT2D eigenvalue weighted by Crippen LogP contribution is 2.43. The molecule has 0 aliphatic heterocycles. The van der Waals surface area contributed by atoms with Crippen molar-refractivity contribution in [2.75, 3.05) is 0 Å². The molecule has 0 aliphatic carbocycles. The summed E-state index contributed by atoms with van der Waals surface area (Å²) in [7, 11) is 0. The van der Waals surface area contributed by atoms with Gasteiger partial charge in [-0.05, 0) is 94.8 Å². The molecule has 9 rings (SSSR count). The lowest BCUT2D eigenvalue weighted by Gasteiger charge is -2.19. The Hall–Kier alpha value is -7.00. The highest BCUT2D eigenvalue weighted by molar-refractivity contribution is 6.11. The number of hydrogen-bond acceptors (Lipinski definition) is 3. The number of nitrogens with zero attached hydrogens (tertiary/aromatic N) is 6. The Balaban J connectivity index is 1.38. The van der Waals surface area contributed by atoms with Gasteiger partial charge in [0.25, 0.3) is 0 Å². The summed E-state index contributed by atoms with van der Waals surface area (Å²) < 4.78 is 88.3. The summed E-state index contributed by atoms with van der Waals surface area (Å²) in [5.74, 6) is 0.715. The maximum atomic E-state index is 14.1. The Bertz CT molecular complexity index is 3160. The SMILES string of the molecule is [C-]#[N+]c1ccc(-n2c3ccc(C(F)(F)F)cc3c3cc(C(F)(F)F)ccc32)c(-c2nc(-c3ccccc3)nc(-n3c4ccc(C(C)(C)C)cc4c4cc(C(C)(C)C)ccc43)n2)c1. The molecule has 0 aliphatic rings. The zero-order valence-electron chi connectivity index (χ0n) is 34.5. The molecular weight excluding hydrogens is 799 g/mol. The predicted octanol–water partition coefficient (Wildman–Crippen LogP) is 14.6. The van der Waals surface area contributed by atoms with E-state index in [9.17, 15) is 26.3 Å². The number of hydrogen-bond donors (Lipinski definition) is 0. The lowest BCUT2D eigenvalue weighted by atomic mass is 9.85. The van der Waals surface area contributed by atoms with Crippen LogP contribution in [0.2, 0.25) is 0 Å². The number of aromatic nitrogens is 5. The molecule has 3 aromatic heterocycles. The molecule has 6 nitrogen and oxygen atoms in total. The summed E-state index contributed by atoms with van der Waals surface area (Å²) in [4.78, 5) is 18.9. The first-order chi connectivity index (χ1) is 29.2. The molecule has 0 N–H and O–H groups in total. The molecule has 0 spiro atoms. The molecule has 0 saturated carbocycles. The molecule has 3 heterocycles. The van der Waals surface area contributed by atoms with E-state index in [1.54, 1.807) is 22.8 Å². The van der Waals surface area contributed by atoms with E-state index >= 15 is 0 Å². The number of benzene rings is 6. The van der Waals surface area contributed by atoms with Gasteiger partial charge in [0.05, 0.1) is 45.5 Å². The van der Waals surface area contributed by atoms with Crippen molar-refractivity contribution in [1.29, 1.82) is 0 Å². The number of halogens is 6. The van der Waals surface area contributed by atoms with E-state index in [0.29, 0.717) is 22.6 Å². The normalized spacial score (nSPS) is 12.8. The second-order valence-corrected chi connectivity index (χ2v) is 17.6. The van der Waals surface area contributed by atoms with Gasteiger partial charge in [-0.15, -0.1) is 0 Å². The molecule has 12 heteroatoms. The molecule has 0 atom stereocenters. The van der Waals surface area contributed by atoms with E-state index < -0.39 is 23.5 Å². The first-order valence-electron chi connectivity index (χ1n) is 19.9. The summed E-state index contributed by atoms with van der Waals surface area (Å²) in [6.07, 6.45) is -9.51. The zero-order valence-corrected chi connectivity index (χ0v) is 34.5. The lowest BCUT2D eigenvalue weighted by Crippen LogP contribution is -2.11. The first kappa shape index (κ1) is 40.4. The molecule has 310 valence electrons. The van der Waals surface area contributed by atoms with E-state index in [2.05, 4.69) is 82.8 Å². The monoisotopic (exact) mass is 836 g/mol. The van der Waals surface area contributed by atoms with Gasteiger partial charge in [0.15, 0.2) is 17.3 Å². The van der Waals surface area contributed by atoms with Crippen LogP contribution in [0, 0.1) is 6.57 Å². The van der Waals surface area contributed by atoms with E-state index in [-0.39, 0.29) is 50.1 Å². The molecule has 0 bridgehead atoms. The largest absolute Gasteiger partial charge is 0.416 e. The van der Waals surface area contributed by atoms with E-state index in [0.717, 1.165) is 57.2 Å². The third kappa shape index (κ3) is 6.91. The molecule has 0 radical (unpaired) electrons. The smallest absolute Gasteiger partial charge is 0.309 e. The fourth-order valence-corrected chi connectivity index (χ4v) is 8.08. The lowest BCUT2D eigenvalue weighted by molar-refractivity contribution is -0.138. The number of alkyl halides is 6. The van der Waals surface area contributed by atoms with Gasteiger partial charge < -0.3 is 4.57 Å². The summed E-state index contributed by atoms with van der Waals surface area (Å²) >= 11 is 0. The summed E-state index contributed by atoms with van der Waals surface area (Å²) in [5.41, 5.74) is 3.62. The molecule has 0 saturated heterocycles. The van der Waals surface area contributed by atoms with E-state index in [4.69, 9.17) is 21.5 Å². The van der Waals surface area contributed by atoms with Crippen LogP contribution in [0.4, 0.5) is 32.0 Å². The van der Waals surface area contributed by atoms with Gasteiger partial charge in [0.1, 0.15) is 0 Å². The molecule has 9 aromatic rings. The highest BCUT2D eigenvalue weighted by atomic mass is 19.4. The Morgan fingerprint density at radius 2 is 0.903 bits per heavy atom. The molecule has 62 heavy (non-hydrogen) atoms. The Morgan fingerprint density at radius 1 is 0.468 bits per heavy atom. The molecule has 0 unspecified atom stereocenters. The maximum Gasteiger partial charge on any atom is 0.416 e. The first-order valence-corrected chi connectivity index (χ1v) is 19.9. The van der Waals surface area contributed by atoms with Crippen molar-refractivity contribution in [3.05, 3.63) is 155 Å². The third-order valence-electron chi connectivity index (χ3n) is 11.4. The fourth-order valence-electron chi connectivity index (χ4n) is 8.08. The summed E-state index contributed by atoms with van der Waals surface area (Å²) in [6.45, 7) is 20.9. The van der Waals surface area contributed by atoms with Crippen LogP contribution in [0.3, 0.4) is 0 Å². The third-order valence-corrected chi connectivity index (χ3v) is 11.4. The average Bonchev–Trinajstić information content (AvgIpc) is 3.73. The quantitative estimate of drug-likeness (QED) is 0.131. The van der Waals surface area contributed by atoms with Crippen LogP contribution in [0.25, 0.3) is 82.9 Å². The Morgan fingerprint density at radius 3 is 1.35 bits per heavy atom. The van der Waals surface area contributed by atoms with Gasteiger partial charge in [0, 0.05) is 32.7 Å². The average molecular weight is 837 g/mol. The zero-order chi connectivity index (χ0) is 44.1. The van der Waals surface area contributed by atoms with E-state index in [1.807, 2.05) is 34.9 Å². The van der Waals surface area contributed by atoms with Crippen LogP contribution < -0.4 is 0 Å². The molecule has 0 amide bonds. The summed E-state index contributed by atoms with van der Waals surface area (Å²) in [6, 6.07) is 32.8. The van der Waals surface area contributed by atoms with Gasteiger partial charge in [-0.1, -0.05) is 90.1 Å². The summed E-state index contributed by atoms with van der Waals surface area (Å²) in [5, 5.41) is 1.94.